The molecule has 1 amide bonds. The van der Waals surface area contributed by atoms with E-state index in [1.54, 1.807) is 28.9 Å². The molecule has 1 unspecified atom stereocenters. The summed E-state index contributed by atoms with van der Waals surface area (Å²) in [7, 11) is 4.01. The highest BCUT2D eigenvalue weighted by Gasteiger charge is 2.32. The number of hydrogen-bond acceptors (Lipinski definition) is 7. The number of rotatable bonds is 7. The topological polar surface area (TPSA) is 83.5 Å². The molecule has 2 aromatic heterocycles. The predicted octanol–water partition coefficient (Wildman–Crippen LogP) is 3.07. The normalized spacial score (nSPS) is 15.1. The van der Waals surface area contributed by atoms with Crippen molar-refractivity contribution in [1.82, 2.24) is 30.0 Å². The van der Waals surface area contributed by atoms with E-state index in [1.165, 1.54) is 18.4 Å². The number of halogens is 1. The molecule has 0 spiro atoms. The standard InChI is InChI=1S/C26H28FN7O2/c1-31(2)22-11-7-20(8-12-22)24(25-28-29-30-34(25)18-19-5-9-21(27)10-6-19)32-13-15-33(16-14-32)26(35)23-4-3-17-36-23/h3-12,17,24H,13-16,18H2,1-2H3. The van der Waals surface area contributed by atoms with Gasteiger partial charge in [-0.1, -0.05) is 24.3 Å². The van der Waals surface area contributed by atoms with Gasteiger partial charge in [0.05, 0.1) is 18.8 Å². The molecule has 0 radical (unpaired) electrons. The van der Waals surface area contributed by atoms with Gasteiger partial charge in [0.1, 0.15) is 5.82 Å². The Balaban J connectivity index is 1.42. The van der Waals surface area contributed by atoms with Crippen LogP contribution >= 0.6 is 0 Å². The van der Waals surface area contributed by atoms with Gasteiger partial charge in [-0.25, -0.2) is 9.07 Å². The molecule has 0 saturated carbocycles. The fraction of sp³-hybridized carbons (Fsp3) is 0.308. The zero-order chi connectivity index (χ0) is 25.1. The van der Waals surface area contributed by atoms with Crippen LogP contribution in [0.3, 0.4) is 0 Å². The SMILES string of the molecule is CN(C)c1ccc(C(c2nnnn2Cc2ccc(F)cc2)N2CCN(C(=O)c3ccco3)CC2)cc1. The third kappa shape index (κ3) is 4.99. The molecule has 10 heteroatoms. The number of carbonyl (C=O) groups is 1. The lowest BCUT2D eigenvalue weighted by Gasteiger charge is -2.38. The summed E-state index contributed by atoms with van der Waals surface area (Å²) in [5.74, 6) is 0.662. The lowest BCUT2D eigenvalue weighted by Crippen LogP contribution is -2.50. The van der Waals surface area contributed by atoms with E-state index >= 15 is 0 Å². The molecule has 9 nitrogen and oxygen atoms in total. The maximum Gasteiger partial charge on any atom is 0.289 e. The fourth-order valence-corrected chi connectivity index (χ4v) is 4.50. The van der Waals surface area contributed by atoms with E-state index in [-0.39, 0.29) is 17.8 Å². The Hall–Kier alpha value is -4.05. The summed E-state index contributed by atoms with van der Waals surface area (Å²) >= 11 is 0. The lowest BCUT2D eigenvalue weighted by atomic mass is 10.0. The molecule has 0 bridgehead atoms. The van der Waals surface area contributed by atoms with Gasteiger partial charge in [-0.3, -0.25) is 9.69 Å². The van der Waals surface area contributed by atoms with Gasteiger partial charge in [0, 0.05) is 46.0 Å². The van der Waals surface area contributed by atoms with Crippen LogP contribution < -0.4 is 4.90 Å². The van der Waals surface area contributed by atoms with E-state index in [1.807, 2.05) is 19.0 Å². The van der Waals surface area contributed by atoms with Crippen LogP contribution in [-0.2, 0) is 6.54 Å². The highest BCUT2D eigenvalue weighted by molar-refractivity contribution is 5.91. The lowest BCUT2D eigenvalue weighted by molar-refractivity contribution is 0.0559. The van der Waals surface area contributed by atoms with Crippen molar-refractivity contribution in [2.75, 3.05) is 45.2 Å². The second-order valence-electron chi connectivity index (χ2n) is 9.02. The summed E-state index contributed by atoms with van der Waals surface area (Å²) in [6.07, 6.45) is 1.51. The molecule has 3 heterocycles. The number of amides is 1. The molecule has 1 aliphatic rings. The summed E-state index contributed by atoms with van der Waals surface area (Å²) in [6, 6.07) is 17.9. The van der Waals surface area contributed by atoms with E-state index in [0.717, 1.165) is 16.8 Å². The first-order valence-corrected chi connectivity index (χ1v) is 11.8. The summed E-state index contributed by atoms with van der Waals surface area (Å²) in [6.45, 7) is 2.84. The first kappa shape index (κ1) is 23.7. The van der Waals surface area contributed by atoms with Crippen LogP contribution in [0.1, 0.15) is 33.5 Å². The Kier molecular flexibility index (Phi) is 6.77. The van der Waals surface area contributed by atoms with Crippen LogP contribution in [0.5, 0.6) is 0 Å². The molecule has 1 atom stereocenters. The van der Waals surface area contributed by atoms with Gasteiger partial charge in [-0.2, -0.15) is 0 Å². The highest BCUT2D eigenvalue weighted by atomic mass is 19.1. The second-order valence-corrected chi connectivity index (χ2v) is 9.02. The van der Waals surface area contributed by atoms with Crippen molar-refractivity contribution >= 4 is 11.6 Å². The number of hydrogen-bond donors (Lipinski definition) is 0. The van der Waals surface area contributed by atoms with Crippen LogP contribution in [-0.4, -0.2) is 76.2 Å². The highest BCUT2D eigenvalue weighted by Crippen LogP contribution is 2.30. The van der Waals surface area contributed by atoms with Gasteiger partial charge >= 0.3 is 0 Å². The molecule has 1 saturated heterocycles. The number of benzene rings is 2. The van der Waals surface area contributed by atoms with E-state index in [2.05, 4.69) is 49.6 Å². The predicted molar refractivity (Wildman–Crippen MR) is 132 cm³/mol. The van der Waals surface area contributed by atoms with E-state index in [4.69, 9.17) is 4.42 Å². The van der Waals surface area contributed by atoms with Crippen LogP contribution in [0.2, 0.25) is 0 Å². The van der Waals surface area contributed by atoms with Crippen LogP contribution in [0.15, 0.2) is 71.3 Å². The third-order valence-corrected chi connectivity index (χ3v) is 6.47. The average Bonchev–Trinajstić information content (AvgIpc) is 3.59. The molecule has 5 rings (SSSR count). The monoisotopic (exact) mass is 489 g/mol. The second kappa shape index (κ2) is 10.3. The first-order valence-electron chi connectivity index (χ1n) is 11.8. The van der Waals surface area contributed by atoms with Crippen LogP contribution in [0.4, 0.5) is 10.1 Å². The van der Waals surface area contributed by atoms with Crippen molar-refractivity contribution in [3.8, 4) is 0 Å². The number of piperazine rings is 1. The number of nitrogens with zero attached hydrogens (tertiary/aromatic N) is 7. The van der Waals surface area contributed by atoms with Crippen molar-refractivity contribution in [3.63, 3.8) is 0 Å². The van der Waals surface area contributed by atoms with Gasteiger partial charge in [0.25, 0.3) is 5.91 Å². The van der Waals surface area contributed by atoms with E-state index < -0.39 is 0 Å². The molecule has 0 aliphatic carbocycles. The smallest absolute Gasteiger partial charge is 0.289 e. The van der Waals surface area contributed by atoms with Crippen LogP contribution in [0.25, 0.3) is 0 Å². The van der Waals surface area contributed by atoms with Crippen molar-refractivity contribution < 1.29 is 13.6 Å². The van der Waals surface area contributed by atoms with Gasteiger partial charge in [-0.15, -0.1) is 5.10 Å². The molecule has 1 aliphatic heterocycles. The maximum absolute atomic E-state index is 13.4. The van der Waals surface area contributed by atoms with Gasteiger partial charge in [-0.05, 0) is 58.0 Å². The Morgan fingerprint density at radius 2 is 1.75 bits per heavy atom. The number of furan rings is 1. The van der Waals surface area contributed by atoms with Gasteiger partial charge in [0.15, 0.2) is 11.6 Å². The number of anilines is 1. The van der Waals surface area contributed by atoms with Crippen LogP contribution in [0, 0.1) is 5.82 Å². The third-order valence-electron chi connectivity index (χ3n) is 6.47. The number of tetrazole rings is 1. The zero-order valence-corrected chi connectivity index (χ0v) is 20.3. The van der Waals surface area contributed by atoms with Crippen molar-refractivity contribution in [2.24, 2.45) is 0 Å². The molecule has 1 fully saturated rings. The molecular weight excluding hydrogens is 461 g/mol. The van der Waals surface area contributed by atoms with Crippen molar-refractivity contribution in [1.29, 1.82) is 0 Å². The minimum absolute atomic E-state index is 0.104. The number of aromatic nitrogens is 4. The summed E-state index contributed by atoms with van der Waals surface area (Å²) in [5.41, 5.74) is 3.05. The van der Waals surface area contributed by atoms with Gasteiger partial charge in [0.2, 0.25) is 0 Å². The number of carbonyl (C=O) groups excluding carboxylic acids is 1. The first-order chi connectivity index (χ1) is 17.5. The van der Waals surface area contributed by atoms with Crippen molar-refractivity contribution in [2.45, 2.75) is 12.6 Å². The largest absolute Gasteiger partial charge is 0.459 e. The Morgan fingerprint density at radius 1 is 1.03 bits per heavy atom. The minimum atomic E-state index is -0.281. The Bertz CT molecular complexity index is 1280. The zero-order valence-electron chi connectivity index (χ0n) is 20.3. The molecule has 186 valence electrons. The molecule has 0 N–H and O–H groups in total. The quantitative estimate of drug-likeness (QED) is 0.395. The van der Waals surface area contributed by atoms with E-state index in [9.17, 15) is 9.18 Å². The Labute approximate surface area is 208 Å². The fourth-order valence-electron chi connectivity index (χ4n) is 4.50. The summed E-state index contributed by atoms with van der Waals surface area (Å²) < 4.78 is 20.5. The average molecular weight is 490 g/mol. The minimum Gasteiger partial charge on any atom is -0.459 e. The maximum atomic E-state index is 13.4. The summed E-state index contributed by atoms with van der Waals surface area (Å²) in [4.78, 5) is 18.9. The van der Waals surface area contributed by atoms with Crippen molar-refractivity contribution in [3.05, 3.63) is 95.5 Å². The molecule has 4 aromatic rings. The molecular formula is C26H28FN7O2. The summed E-state index contributed by atoms with van der Waals surface area (Å²) in [5, 5.41) is 12.6. The molecule has 2 aromatic carbocycles. The van der Waals surface area contributed by atoms with E-state index in [0.29, 0.717) is 44.3 Å². The Morgan fingerprint density at radius 3 is 2.39 bits per heavy atom. The van der Waals surface area contributed by atoms with Gasteiger partial charge < -0.3 is 14.2 Å². The molecule has 36 heavy (non-hydrogen) atoms.